The molecule has 0 aromatic carbocycles. The lowest BCUT2D eigenvalue weighted by molar-refractivity contribution is -0.194. The summed E-state index contributed by atoms with van der Waals surface area (Å²) in [6, 6.07) is 0. The van der Waals surface area contributed by atoms with Gasteiger partial charge in [0, 0.05) is 0 Å². The van der Waals surface area contributed by atoms with Crippen LogP contribution in [0.4, 0.5) is 17.7 Å². The molecule has 0 aliphatic carbocycles. The van der Waals surface area contributed by atoms with Crippen LogP contribution in [0, 0.1) is 0 Å². The highest BCUT2D eigenvalue weighted by Gasteiger charge is 2.38. The summed E-state index contributed by atoms with van der Waals surface area (Å²) in [5.74, 6) is -2.23. The molecule has 0 heterocycles. The molecular formula is C3H2F4O2. The Labute approximate surface area is 47.3 Å². The SMILES string of the molecule is O=C(COF)C(F)(F)F. The lowest BCUT2D eigenvalue weighted by Gasteiger charge is -1.99. The molecule has 0 spiro atoms. The first-order valence-corrected chi connectivity index (χ1v) is 1.82. The quantitative estimate of drug-likeness (QED) is 0.543. The molecule has 0 fully saturated rings. The third-order valence-corrected chi connectivity index (χ3v) is 0.502. The summed E-state index contributed by atoms with van der Waals surface area (Å²) in [4.78, 5) is 12.0. The van der Waals surface area contributed by atoms with E-state index in [1.807, 2.05) is 0 Å². The van der Waals surface area contributed by atoms with Crippen molar-refractivity contribution >= 4 is 5.78 Å². The number of alkyl halides is 3. The third-order valence-electron chi connectivity index (χ3n) is 0.502. The lowest BCUT2D eigenvalue weighted by atomic mass is 10.4. The summed E-state index contributed by atoms with van der Waals surface area (Å²) in [7, 11) is 0. The van der Waals surface area contributed by atoms with Gasteiger partial charge in [0.15, 0.2) is 6.61 Å². The highest BCUT2D eigenvalue weighted by Crippen LogP contribution is 2.15. The van der Waals surface area contributed by atoms with E-state index in [9.17, 15) is 22.5 Å². The van der Waals surface area contributed by atoms with Crippen molar-refractivity contribution in [3.63, 3.8) is 0 Å². The van der Waals surface area contributed by atoms with Crippen LogP contribution in [0.5, 0.6) is 0 Å². The molecule has 0 amide bonds. The number of hydrogen-bond acceptors (Lipinski definition) is 2. The van der Waals surface area contributed by atoms with Gasteiger partial charge in [0.25, 0.3) is 5.78 Å². The zero-order valence-corrected chi connectivity index (χ0v) is 4.04. The Bertz CT molecular complexity index is 107. The van der Waals surface area contributed by atoms with Gasteiger partial charge in [-0.05, 0) is 4.53 Å². The Morgan fingerprint density at radius 3 is 2.00 bits per heavy atom. The van der Waals surface area contributed by atoms with Gasteiger partial charge in [-0.15, -0.1) is 0 Å². The van der Waals surface area contributed by atoms with E-state index in [1.54, 1.807) is 0 Å². The largest absolute Gasteiger partial charge is 0.452 e. The Morgan fingerprint density at radius 2 is 1.89 bits per heavy atom. The molecule has 0 aromatic rings. The van der Waals surface area contributed by atoms with Crippen LogP contribution in [0.1, 0.15) is 0 Å². The summed E-state index contributed by atoms with van der Waals surface area (Å²) in [6.07, 6.45) is -4.99. The van der Waals surface area contributed by atoms with E-state index >= 15 is 0 Å². The Morgan fingerprint density at radius 1 is 1.44 bits per heavy atom. The van der Waals surface area contributed by atoms with Gasteiger partial charge in [-0.2, -0.15) is 18.1 Å². The number of ketones is 1. The predicted molar refractivity (Wildman–Crippen MR) is 18.1 cm³/mol. The molecule has 9 heavy (non-hydrogen) atoms. The standard InChI is InChI=1S/C3H2F4O2/c4-3(5,6)2(8)1-9-7/h1H2. The number of rotatable bonds is 2. The molecule has 0 atom stereocenters. The Hall–Kier alpha value is -0.650. The Kier molecular flexibility index (Phi) is 2.57. The normalized spacial score (nSPS) is 11.6. The van der Waals surface area contributed by atoms with Crippen molar-refractivity contribution < 1.29 is 27.4 Å². The van der Waals surface area contributed by atoms with Gasteiger partial charge in [0.1, 0.15) is 0 Å². The van der Waals surface area contributed by atoms with Crippen molar-refractivity contribution in [3.05, 3.63) is 0 Å². The van der Waals surface area contributed by atoms with Crippen molar-refractivity contribution in [2.75, 3.05) is 6.61 Å². The number of hydrogen-bond donors (Lipinski definition) is 0. The molecular weight excluding hydrogens is 144 g/mol. The second-order valence-electron chi connectivity index (χ2n) is 1.17. The van der Waals surface area contributed by atoms with Crippen molar-refractivity contribution in [1.29, 1.82) is 0 Å². The molecule has 0 bridgehead atoms. The van der Waals surface area contributed by atoms with Crippen LogP contribution < -0.4 is 0 Å². The van der Waals surface area contributed by atoms with Gasteiger partial charge < -0.3 is 0 Å². The van der Waals surface area contributed by atoms with E-state index < -0.39 is 18.6 Å². The van der Waals surface area contributed by atoms with Gasteiger partial charge in [-0.25, -0.2) is 0 Å². The summed E-state index contributed by atoms with van der Waals surface area (Å²) in [5.41, 5.74) is 0. The van der Waals surface area contributed by atoms with Crippen LogP contribution in [-0.4, -0.2) is 18.6 Å². The van der Waals surface area contributed by atoms with Crippen molar-refractivity contribution in [2.24, 2.45) is 0 Å². The molecule has 0 saturated heterocycles. The number of halogens is 4. The van der Waals surface area contributed by atoms with Crippen LogP contribution in [0.3, 0.4) is 0 Å². The molecule has 0 radical (unpaired) electrons. The first-order chi connectivity index (χ1) is 3.98. The molecule has 0 aromatic heterocycles. The molecule has 2 nitrogen and oxygen atoms in total. The van der Waals surface area contributed by atoms with Gasteiger partial charge >= 0.3 is 6.18 Å². The van der Waals surface area contributed by atoms with Gasteiger partial charge in [-0.1, -0.05) is 0 Å². The minimum absolute atomic E-state index is 1.57. The highest BCUT2D eigenvalue weighted by atomic mass is 19.4. The molecule has 0 N–H and O–H groups in total. The number of carbonyl (C=O) groups excluding carboxylic acids is 1. The molecule has 0 saturated carbocycles. The molecule has 0 rings (SSSR count). The van der Waals surface area contributed by atoms with Gasteiger partial charge in [0.05, 0.1) is 0 Å². The monoisotopic (exact) mass is 146 g/mol. The van der Waals surface area contributed by atoms with Crippen LogP contribution >= 0.6 is 0 Å². The molecule has 0 aliphatic heterocycles. The Balaban J connectivity index is 3.74. The molecule has 0 unspecified atom stereocenters. The maximum Gasteiger partial charge on any atom is 0.452 e. The van der Waals surface area contributed by atoms with Crippen LogP contribution in [0.2, 0.25) is 0 Å². The fourth-order valence-electron chi connectivity index (χ4n) is 0.131. The van der Waals surface area contributed by atoms with Gasteiger partial charge in [-0.3, -0.25) is 4.79 Å². The summed E-state index contributed by atoms with van der Waals surface area (Å²) >= 11 is 0. The van der Waals surface area contributed by atoms with E-state index in [4.69, 9.17) is 0 Å². The van der Waals surface area contributed by atoms with E-state index in [2.05, 4.69) is 4.94 Å². The lowest BCUT2D eigenvalue weighted by Crippen LogP contribution is -2.26. The number of carbonyl (C=O) groups is 1. The van der Waals surface area contributed by atoms with Gasteiger partial charge in [0.2, 0.25) is 0 Å². The first-order valence-electron chi connectivity index (χ1n) is 1.82. The van der Waals surface area contributed by atoms with E-state index in [0.717, 1.165) is 0 Å². The minimum Gasteiger partial charge on any atom is -0.287 e. The first kappa shape index (κ1) is 8.35. The summed E-state index contributed by atoms with van der Waals surface area (Å²) in [5, 5.41) is 0. The average Bonchev–Trinajstić information content (AvgIpc) is 1.64. The fourth-order valence-corrected chi connectivity index (χ4v) is 0.131. The molecule has 54 valence electrons. The third kappa shape index (κ3) is 3.02. The van der Waals surface area contributed by atoms with E-state index in [-0.39, 0.29) is 0 Å². The second kappa shape index (κ2) is 2.77. The second-order valence-corrected chi connectivity index (χ2v) is 1.17. The van der Waals surface area contributed by atoms with Crippen molar-refractivity contribution in [3.8, 4) is 0 Å². The van der Waals surface area contributed by atoms with Crippen LogP contribution in [0.15, 0.2) is 0 Å². The zero-order valence-electron chi connectivity index (χ0n) is 4.04. The summed E-state index contributed by atoms with van der Waals surface area (Å²) < 4.78 is 43.7. The molecule has 0 aliphatic rings. The fraction of sp³-hybridized carbons (Fsp3) is 0.667. The topological polar surface area (TPSA) is 26.3 Å². The summed E-state index contributed by atoms with van der Waals surface area (Å²) in [6.45, 7) is -1.57. The van der Waals surface area contributed by atoms with Crippen molar-refractivity contribution in [2.45, 2.75) is 6.18 Å². The maximum atomic E-state index is 11.0. The molecule has 6 heteroatoms. The highest BCUT2D eigenvalue weighted by molar-refractivity contribution is 5.85. The van der Waals surface area contributed by atoms with E-state index in [0.29, 0.717) is 0 Å². The van der Waals surface area contributed by atoms with Crippen LogP contribution in [-0.2, 0) is 9.74 Å². The van der Waals surface area contributed by atoms with Crippen LogP contribution in [0.25, 0.3) is 0 Å². The minimum atomic E-state index is -4.99. The van der Waals surface area contributed by atoms with E-state index in [1.165, 1.54) is 0 Å². The predicted octanol–water partition coefficient (Wildman–Crippen LogP) is 1.02. The maximum absolute atomic E-state index is 11.0. The number of Topliss-reactive ketones (excluding diaryl/α,β-unsaturated/α-hetero) is 1. The van der Waals surface area contributed by atoms with Crippen molar-refractivity contribution in [1.82, 2.24) is 0 Å². The zero-order chi connectivity index (χ0) is 7.49. The smallest absolute Gasteiger partial charge is 0.287 e. The average molecular weight is 146 g/mol.